The van der Waals surface area contributed by atoms with E-state index in [2.05, 4.69) is 4.98 Å². The summed E-state index contributed by atoms with van der Waals surface area (Å²) in [6, 6.07) is 7.91. The van der Waals surface area contributed by atoms with Crippen LogP contribution in [0.5, 0.6) is 0 Å². The smallest absolute Gasteiger partial charge is 0.300 e. The lowest BCUT2D eigenvalue weighted by molar-refractivity contribution is 0.482. The zero-order valence-electron chi connectivity index (χ0n) is 10.4. The van der Waals surface area contributed by atoms with E-state index in [0.29, 0.717) is 21.6 Å². The molecule has 2 N–H and O–H groups in total. The third kappa shape index (κ3) is 2.46. The highest BCUT2D eigenvalue weighted by Crippen LogP contribution is 2.26. The number of nitrogens with one attached hydrogen (secondary N) is 1. The first-order valence-corrected chi connectivity index (χ1v) is 7.65. The van der Waals surface area contributed by atoms with Crippen LogP contribution in [0, 0.1) is 0 Å². The third-order valence-electron chi connectivity index (χ3n) is 3.04. The fraction of sp³-hybridized carbons (Fsp3) is 0. The van der Waals surface area contributed by atoms with Gasteiger partial charge in [-0.15, -0.1) is 0 Å². The van der Waals surface area contributed by atoms with Crippen LogP contribution in [0.3, 0.4) is 0 Å². The zero-order chi connectivity index (χ0) is 15.2. The molecule has 0 aliphatic heterocycles. The van der Waals surface area contributed by atoms with Gasteiger partial charge in [0.2, 0.25) is 0 Å². The highest BCUT2D eigenvalue weighted by atomic mass is 35.5. The van der Waals surface area contributed by atoms with Gasteiger partial charge in [-0.2, -0.15) is 8.42 Å². The Balaban J connectivity index is 2.35. The van der Waals surface area contributed by atoms with Crippen molar-refractivity contribution in [1.82, 2.24) is 9.55 Å². The van der Waals surface area contributed by atoms with E-state index >= 15 is 0 Å². The van der Waals surface area contributed by atoms with Crippen molar-refractivity contribution >= 4 is 32.6 Å². The quantitative estimate of drug-likeness (QED) is 0.707. The maximum absolute atomic E-state index is 11.7. The van der Waals surface area contributed by atoms with E-state index in [1.165, 1.54) is 6.07 Å². The molecule has 8 heteroatoms. The Morgan fingerprint density at radius 3 is 2.43 bits per heavy atom. The molecule has 0 aliphatic rings. The first kappa shape index (κ1) is 13.9. The van der Waals surface area contributed by atoms with Crippen molar-refractivity contribution in [3.8, 4) is 5.69 Å². The molecule has 0 saturated heterocycles. The van der Waals surface area contributed by atoms with Gasteiger partial charge in [-0.25, -0.2) is 0 Å². The van der Waals surface area contributed by atoms with E-state index in [9.17, 15) is 13.2 Å². The minimum Gasteiger partial charge on any atom is -0.322 e. The monoisotopic (exact) mass is 324 g/mol. The molecule has 108 valence electrons. The van der Waals surface area contributed by atoms with E-state index in [1.807, 2.05) is 12.1 Å². The molecule has 0 bridgehead atoms. The van der Waals surface area contributed by atoms with Gasteiger partial charge in [0.05, 0.1) is 10.7 Å². The van der Waals surface area contributed by atoms with Crippen LogP contribution in [-0.4, -0.2) is 22.5 Å². The topological polar surface area (TPSA) is 92.2 Å². The van der Waals surface area contributed by atoms with Gasteiger partial charge >= 0.3 is 0 Å². The van der Waals surface area contributed by atoms with Crippen molar-refractivity contribution in [2.24, 2.45) is 0 Å². The van der Waals surface area contributed by atoms with Crippen LogP contribution in [-0.2, 0) is 10.1 Å². The molecule has 0 fully saturated rings. The number of H-pyrrole nitrogens is 1. The summed E-state index contributed by atoms with van der Waals surface area (Å²) < 4.78 is 33.2. The van der Waals surface area contributed by atoms with Crippen LogP contribution in [0.1, 0.15) is 0 Å². The molecule has 0 radical (unpaired) electrons. The summed E-state index contributed by atoms with van der Waals surface area (Å²) in [7, 11) is -4.59. The second-order valence-electron chi connectivity index (χ2n) is 4.42. The Bertz CT molecular complexity index is 991. The van der Waals surface area contributed by atoms with Crippen molar-refractivity contribution < 1.29 is 13.0 Å². The van der Waals surface area contributed by atoms with Crippen molar-refractivity contribution in [3.05, 3.63) is 58.1 Å². The normalized spacial score (nSPS) is 11.9. The van der Waals surface area contributed by atoms with Gasteiger partial charge in [0.1, 0.15) is 0 Å². The highest BCUT2D eigenvalue weighted by Gasteiger charge is 2.16. The number of hydrogen-bond acceptors (Lipinski definition) is 3. The minimum atomic E-state index is -4.59. The average Bonchev–Trinajstić information content (AvgIpc) is 2.89. The highest BCUT2D eigenvalue weighted by molar-refractivity contribution is 7.85. The number of hydrogen-bond donors (Lipinski definition) is 2. The Morgan fingerprint density at radius 2 is 1.81 bits per heavy atom. The van der Waals surface area contributed by atoms with E-state index < -0.39 is 20.6 Å². The van der Waals surface area contributed by atoms with E-state index in [1.54, 1.807) is 23.0 Å². The summed E-state index contributed by atoms with van der Waals surface area (Å²) in [4.78, 5) is 13.4. The van der Waals surface area contributed by atoms with Crippen LogP contribution in [0.4, 0.5) is 0 Å². The van der Waals surface area contributed by atoms with Crippen LogP contribution < -0.4 is 5.56 Å². The number of aromatic nitrogens is 2. The molecular weight excluding hydrogens is 316 g/mol. The van der Waals surface area contributed by atoms with Gasteiger partial charge < -0.3 is 9.55 Å². The Kier molecular flexibility index (Phi) is 3.12. The Labute approximate surface area is 124 Å². The van der Waals surface area contributed by atoms with Gasteiger partial charge in [0.15, 0.2) is 4.90 Å². The van der Waals surface area contributed by atoms with Crippen LogP contribution in [0.25, 0.3) is 16.6 Å². The molecule has 21 heavy (non-hydrogen) atoms. The maximum atomic E-state index is 11.7. The van der Waals surface area contributed by atoms with Crippen molar-refractivity contribution in [2.45, 2.75) is 4.90 Å². The lowest BCUT2D eigenvalue weighted by atomic mass is 10.2. The van der Waals surface area contributed by atoms with Crippen LogP contribution >= 0.6 is 11.6 Å². The fourth-order valence-corrected chi connectivity index (χ4v) is 2.90. The predicted molar refractivity (Wildman–Crippen MR) is 78.7 cm³/mol. The lowest BCUT2D eigenvalue weighted by Gasteiger charge is -2.08. The first-order chi connectivity index (χ1) is 9.86. The van der Waals surface area contributed by atoms with Gasteiger partial charge in [0.25, 0.3) is 15.7 Å². The number of halogens is 1. The second-order valence-corrected chi connectivity index (χ2v) is 6.22. The Hall–Kier alpha value is -2.09. The number of rotatable bonds is 2. The molecule has 2 heterocycles. The molecule has 0 amide bonds. The van der Waals surface area contributed by atoms with Crippen molar-refractivity contribution in [1.29, 1.82) is 0 Å². The number of aromatic amines is 1. The molecule has 0 saturated carbocycles. The summed E-state index contributed by atoms with van der Waals surface area (Å²) >= 11 is 6.17. The summed E-state index contributed by atoms with van der Waals surface area (Å²) in [5.41, 5.74) is 0.116. The van der Waals surface area contributed by atoms with Gasteiger partial charge in [-0.3, -0.25) is 9.35 Å². The number of benzene rings is 1. The average molecular weight is 325 g/mol. The van der Waals surface area contributed by atoms with E-state index in [4.69, 9.17) is 16.2 Å². The van der Waals surface area contributed by atoms with Crippen LogP contribution in [0.15, 0.2) is 52.4 Å². The van der Waals surface area contributed by atoms with E-state index in [0.717, 1.165) is 6.07 Å². The van der Waals surface area contributed by atoms with Crippen molar-refractivity contribution in [3.63, 3.8) is 0 Å². The largest absolute Gasteiger partial charge is 0.322 e. The molecule has 6 nitrogen and oxygen atoms in total. The molecule has 3 aromatic rings. The molecule has 0 aliphatic carbocycles. The number of nitrogens with zero attached hydrogens (tertiary/aromatic N) is 1. The molecule has 1 aromatic carbocycles. The van der Waals surface area contributed by atoms with Crippen LogP contribution in [0.2, 0.25) is 5.02 Å². The predicted octanol–water partition coefficient (Wildman–Crippen LogP) is 2.22. The number of fused-ring (bicyclic) bond motifs is 1. The summed E-state index contributed by atoms with van der Waals surface area (Å²) in [6.07, 6.45) is 3.56. The molecular formula is C13H9ClN2O4S. The summed E-state index contributed by atoms with van der Waals surface area (Å²) in [6.45, 7) is 0. The second kappa shape index (κ2) is 4.73. The van der Waals surface area contributed by atoms with Gasteiger partial charge in [-0.1, -0.05) is 11.6 Å². The summed E-state index contributed by atoms with van der Waals surface area (Å²) in [5.74, 6) is 0. The maximum Gasteiger partial charge on any atom is 0.300 e. The standard InChI is InChI=1S/C13H9ClN2O4S/c14-9-7-10-8(5-11(9)16-3-1-2-4-16)6-12(13(17)15-10)21(18,19)20/h1-7H,(H,15,17)(H,18,19,20). The summed E-state index contributed by atoms with van der Waals surface area (Å²) in [5, 5.41) is 0.837. The molecule has 0 unspecified atom stereocenters. The molecule has 2 aromatic heterocycles. The Morgan fingerprint density at radius 1 is 1.14 bits per heavy atom. The zero-order valence-corrected chi connectivity index (χ0v) is 12.0. The molecule has 0 atom stereocenters. The molecule has 0 spiro atoms. The van der Waals surface area contributed by atoms with E-state index in [-0.39, 0.29) is 0 Å². The SMILES string of the molecule is O=c1[nH]c2cc(Cl)c(-n3cccc3)cc2cc1S(=O)(=O)O. The molecule has 3 rings (SSSR count). The fourth-order valence-electron chi connectivity index (χ4n) is 2.08. The minimum absolute atomic E-state index is 0.383. The first-order valence-electron chi connectivity index (χ1n) is 5.84. The third-order valence-corrected chi connectivity index (χ3v) is 4.20. The van der Waals surface area contributed by atoms with Crippen molar-refractivity contribution in [2.75, 3.05) is 0 Å². The lowest BCUT2D eigenvalue weighted by Crippen LogP contribution is -2.16. The number of pyridine rings is 1. The van der Waals surface area contributed by atoms with Gasteiger partial charge in [0, 0.05) is 23.3 Å². The van der Waals surface area contributed by atoms with Gasteiger partial charge in [-0.05, 0) is 30.3 Å².